The van der Waals surface area contributed by atoms with E-state index in [4.69, 9.17) is 11.6 Å². The van der Waals surface area contributed by atoms with Crippen LogP contribution in [0.2, 0.25) is 5.02 Å². The van der Waals surface area contributed by atoms with E-state index in [1.807, 2.05) is 58.0 Å². The van der Waals surface area contributed by atoms with E-state index >= 15 is 0 Å². The number of rotatable bonds is 7. The molecule has 3 nitrogen and oxygen atoms in total. The molecule has 2 rings (SSSR count). The number of Topliss-reactive ketones (excluding diaryl/α,β-unsaturated/α-hetero) is 1. The molecule has 0 unspecified atom stereocenters. The fourth-order valence-corrected chi connectivity index (χ4v) is 3.25. The number of halogens is 1. The van der Waals surface area contributed by atoms with E-state index in [0.29, 0.717) is 10.6 Å². The van der Waals surface area contributed by atoms with Gasteiger partial charge >= 0.3 is 0 Å². The topological polar surface area (TPSA) is 46.2 Å². The molecular weight excluding hydrogens is 346 g/mol. The molecule has 0 aromatic heterocycles. The van der Waals surface area contributed by atoms with Gasteiger partial charge in [-0.1, -0.05) is 43.6 Å². The maximum absolute atomic E-state index is 12.4. The minimum absolute atomic E-state index is 0.0132. The SMILES string of the molecule is CCc1ccc(Cl)c(CC)c1NC(=O)CCC(=O)c1ccc(C)c(C)c1. The molecule has 0 saturated carbocycles. The van der Waals surface area contributed by atoms with Gasteiger partial charge in [0.15, 0.2) is 5.78 Å². The van der Waals surface area contributed by atoms with Crippen molar-refractivity contribution in [1.82, 2.24) is 0 Å². The Labute approximate surface area is 160 Å². The monoisotopic (exact) mass is 371 g/mol. The van der Waals surface area contributed by atoms with Gasteiger partial charge in [-0.25, -0.2) is 0 Å². The second-order valence-electron chi connectivity index (χ2n) is 6.54. The summed E-state index contributed by atoms with van der Waals surface area (Å²) >= 11 is 6.27. The lowest BCUT2D eigenvalue weighted by Gasteiger charge is -2.16. The van der Waals surface area contributed by atoms with Crippen molar-refractivity contribution >= 4 is 29.0 Å². The zero-order chi connectivity index (χ0) is 19.3. The molecule has 0 aliphatic carbocycles. The second kappa shape index (κ2) is 9.00. The average Bonchev–Trinajstić information content (AvgIpc) is 2.62. The molecule has 0 radical (unpaired) electrons. The Bertz CT molecular complexity index is 827. The molecule has 0 saturated heterocycles. The first kappa shape index (κ1) is 20.2. The van der Waals surface area contributed by atoms with Crippen LogP contribution in [0, 0.1) is 13.8 Å². The first-order valence-corrected chi connectivity index (χ1v) is 9.45. The van der Waals surface area contributed by atoms with E-state index < -0.39 is 0 Å². The van der Waals surface area contributed by atoms with Crippen molar-refractivity contribution in [2.24, 2.45) is 0 Å². The Morgan fingerprint density at radius 3 is 2.31 bits per heavy atom. The van der Waals surface area contributed by atoms with Gasteiger partial charge in [0.25, 0.3) is 0 Å². The van der Waals surface area contributed by atoms with Crippen molar-refractivity contribution in [3.05, 3.63) is 63.2 Å². The number of nitrogens with one attached hydrogen (secondary N) is 1. The molecule has 0 aliphatic rings. The van der Waals surface area contributed by atoms with Crippen LogP contribution in [0.5, 0.6) is 0 Å². The van der Waals surface area contributed by atoms with Gasteiger partial charge in [0.2, 0.25) is 5.91 Å². The fourth-order valence-electron chi connectivity index (χ4n) is 2.96. The summed E-state index contributed by atoms with van der Waals surface area (Å²) in [6.45, 7) is 8.05. The van der Waals surface area contributed by atoms with Crippen molar-refractivity contribution in [2.75, 3.05) is 5.32 Å². The molecule has 0 bridgehead atoms. The van der Waals surface area contributed by atoms with Crippen molar-refractivity contribution in [1.29, 1.82) is 0 Å². The van der Waals surface area contributed by atoms with Crippen molar-refractivity contribution in [3.8, 4) is 0 Å². The zero-order valence-electron chi connectivity index (χ0n) is 15.9. The van der Waals surface area contributed by atoms with Gasteiger partial charge in [-0.05, 0) is 61.1 Å². The Morgan fingerprint density at radius 2 is 1.69 bits per heavy atom. The number of hydrogen-bond donors (Lipinski definition) is 1. The van der Waals surface area contributed by atoms with E-state index in [0.717, 1.165) is 40.8 Å². The predicted molar refractivity (Wildman–Crippen MR) is 108 cm³/mol. The summed E-state index contributed by atoms with van der Waals surface area (Å²) < 4.78 is 0. The van der Waals surface area contributed by atoms with Gasteiger partial charge in [0.05, 0.1) is 0 Å². The van der Waals surface area contributed by atoms with Gasteiger partial charge in [0, 0.05) is 29.1 Å². The predicted octanol–water partition coefficient (Wildman–Crippen LogP) is 5.68. The molecule has 0 fully saturated rings. The van der Waals surface area contributed by atoms with E-state index in [-0.39, 0.29) is 24.5 Å². The lowest BCUT2D eigenvalue weighted by Crippen LogP contribution is -2.16. The number of hydrogen-bond acceptors (Lipinski definition) is 2. The summed E-state index contributed by atoms with van der Waals surface area (Å²) in [5.41, 5.74) is 5.69. The summed E-state index contributed by atoms with van der Waals surface area (Å²) in [5, 5.41) is 3.63. The van der Waals surface area contributed by atoms with Crippen LogP contribution in [0.3, 0.4) is 0 Å². The normalized spacial score (nSPS) is 10.7. The maximum atomic E-state index is 12.4. The lowest BCUT2D eigenvalue weighted by molar-refractivity contribution is -0.116. The molecule has 0 aliphatic heterocycles. The Balaban J connectivity index is 2.06. The van der Waals surface area contributed by atoms with Crippen LogP contribution in [-0.2, 0) is 17.6 Å². The number of carbonyl (C=O) groups is 2. The van der Waals surface area contributed by atoms with Crippen molar-refractivity contribution < 1.29 is 9.59 Å². The highest BCUT2D eigenvalue weighted by Crippen LogP contribution is 2.29. The Morgan fingerprint density at radius 1 is 0.962 bits per heavy atom. The number of aryl methyl sites for hydroxylation is 3. The smallest absolute Gasteiger partial charge is 0.224 e. The first-order chi connectivity index (χ1) is 12.4. The van der Waals surface area contributed by atoms with Crippen molar-refractivity contribution in [3.63, 3.8) is 0 Å². The summed E-state index contributed by atoms with van der Waals surface area (Å²) in [7, 11) is 0. The van der Waals surface area contributed by atoms with Gasteiger partial charge in [-0.2, -0.15) is 0 Å². The molecule has 138 valence electrons. The second-order valence-corrected chi connectivity index (χ2v) is 6.94. The van der Waals surface area contributed by atoms with Gasteiger partial charge in [-0.15, -0.1) is 0 Å². The van der Waals surface area contributed by atoms with Crippen LogP contribution in [0.15, 0.2) is 30.3 Å². The number of amides is 1. The summed E-state index contributed by atoms with van der Waals surface area (Å²) in [6, 6.07) is 9.46. The number of carbonyl (C=O) groups excluding carboxylic acids is 2. The number of anilines is 1. The molecule has 2 aromatic rings. The van der Waals surface area contributed by atoms with Crippen LogP contribution >= 0.6 is 11.6 Å². The van der Waals surface area contributed by atoms with E-state index in [2.05, 4.69) is 5.32 Å². The number of ketones is 1. The van der Waals surface area contributed by atoms with E-state index in [1.165, 1.54) is 0 Å². The summed E-state index contributed by atoms with van der Waals surface area (Å²) in [4.78, 5) is 24.8. The third-order valence-corrected chi connectivity index (χ3v) is 5.10. The minimum atomic E-state index is -0.158. The Kier molecular flexibility index (Phi) is 6.98. The quantitative estimate of drug-likeness (QED) is 0.636. The Hall–Kier alpha value is -2.13. The third kappa shape index (κ3) is 4.73. The molecule has 1 N–H and O–H groups in total. The van der Waals surface area contributed by atoms with E-state index in [9.17, 15) is 9.59 Å². The first-order valence-electron chi connectivity index (χ1n) is 9.07. The minimum Gasteiger partial charge on any atom is -0.326 e. The van der Waals surface area contributed by atoms with Gasteiger partial charge < -0.3 is 5.32 Å². The van der Waals surface area contributed by atoms with Crippen LogP contribution in [0.25, 0.3) is 0 Å². The highest BCUT2D eigenvalue weighted by atomic mass is 35.5. The fraction of sp³-hybridized carbons (Fsp3) is 0.364. The molecular formula is C22H26ClNO2. The molecule has 26 heavy (non-hydrogen) atoms. The van der Waals surface area contributed by atoms with Crippen LogP contribution < -0.4 is 5.32 Å². The third-order valence-electron chi connectivity index (χ3n) is 4.75. The summed E-state index contributed by atoms with van der Waals surface area (Å²) in [6.07, 6.45) is 1.90. The standard InChI is InChI=1S/C22H26ClNO2/c1-5-16-9-10-19(23)18(6-2)22(16)24-21(26)12-11-20(25)17-8-7-14(3)15(4)13-17/h7-10,13H,5-6,11-12H2,1-4H3,(H,24,26). The molecule has 4 heteroatoms. The van der Waals surface area contributed by atoms with Gasteiger partial charge in [0.1, 0.15) is 0 Å². The summed E-state index contributed by atoms with van der Waals surface area (Å²) in [5.74, 6) is -0.172. The highest BCUT2D eigenvalue weighted by Gasteiger charge is 2.15. The van der Waals surface area contributed by atoms with Crippen molar-refractivity contribution in [2.45, 2.75) is 53.4 Å². The lowest BCUT2D eigenvalue weighted by atomic mass is 10.0. The van der Waals surface area contributed by atoms with Crippen LogP contribution in [0.4, 0.5) is 5.69 Å². The molecule has 2 aromatic carbocycles. The van der Waals surface area contributed by atoms with Gasteiger partial charge in [-0.3, -0.25) is 9.59 Å². The van der Waals surface area contributed by atoms with Crippen LogP contribution in [-0.4, -0.2) is 11.7 Å². The average molecular weight is 372 g/mol. The van der Waals surface area contributed by atoms with Crippen LogP contribution in [0.1, 0.15) is 59.3 Å². The molecule has 1 amide bonds. The molecule has 0 heterocycles. The maximum Gasteiger partial charge on any atom is 0.224 e. The molecule has 0 spiro atoms. The highest BCUT2D eigenvalue weighted by molar-refractivity contribution is 6.32. The number of benzene rings is 2. The largest absolute Gasteiger partial charge is 0.326 e. The zero-order valence-corrected chi connectivity index (χ0v) is 16.7. The molecule has 0 atom stereocenters. The van der Waals surface area contributed by atoms with E-state index in [1.54, 1.807) is 0 Å².